The van der Waals surface area contributed by atoms with E-state index >= 15 is 0 Å². The van der Waals surface area contributed by atoms with Gasteiger partial charge in [0.15, 0.2) is 0 Å². The molecule has 10 rings (SSSR count). The molecule has 2 heterocycles. The number of hydrogen-bond donors (Lipinski definition) is 0. The zero-order chi connectivity index (χ0) is 34.6. The maximum atomic E-state index is 5.22. The molecular weight excluding hydrogens is 629 g/mol. The molecule has 2 aromatic heterocycles. The number of rotatable bonds is 4. The van der Waals surface area contributed by atoms with Crippen LogP contribution in [0.3, 0.4) is 0 Å². The second kappa shape index (κ2) is 12.3. The fraction of sp³-hybridized carbons (Fsp3) is 0.0400. The van der Waals surface area contributed by atoms with E-state index in [1.807, 2.05) is 12.3 Å². The Labute approximate surface area is 303 Å². The molecule has 0 amide bonds. The molecule has 0 fully saturated rings. The first-order valence-electron chi connectivity index (χ1n) is 17.9. The highest BCUT2D eigenvalue weighted by molar-refractivity contribution is 6.08. The second-order valence-electron chi connectivity index (χ2n) is 13.8. The highest BCUT2D eigenvalue weighted by Gasteiger charge is 2.24. The van der Waals surface area contributed by atoms with Crippen molar-refractivity contribution in [2.45, 2.75) is 12.3 Å². The maximum absolute atomic E-state index is 5.22. The normalized spacial score (nSPS) is 14.4. The van der Waals surface area contributed by atoms with E-state index in [0.29, 0.717) is 0 Å². The molecule has 0 saturated carbocycles. The van der Waals surface area contributed by atoms with Crippen LogP contribution in [0.1, 0.15) is 28.2 Å². The van der Waals surface area contributed by atoms with Crippen molar-refractivity contribution in [2.75, 3.05) is 0 Å². The first kappa shape index (κ1) is 30.2. The fourth-order valence-corrected chi connectivity index (χ4v) is 8.24. The van der Waals surface area contributed by atoms with Crippen LogP contribution in [0, 0.1) is 0 Å². The second-order valence-corrected chi connectivity index (χ2v) is 13.8. The van der Waals surface area contributed by atoms with E-state index in [2.05, 4.69) is 170 Å². The zero-order valence-electron chi connectivity index (χ0n) is 28.6. The predicted molar refractivity (Wildman–Crippen MR) is 218 cm³/mol. The maximum Gasteiger partial charge on any atom is 0.0972 e. The van der Waals surface area contributed by atoms with Crippen LogP contribution in [0.4, 0.5) is 0 Å². The largest absolute Gasteiger partial charge is 0.254 e. The molecule has 9 aromatic rings. The van der Waals surface area contributed by atoms with Gasteiger partial charge < -0.3 is 0 Å². The van der Waals surface area contributed by atoms with Gasteiger partial charge in [-0.3, -0.25) is 4.98 Å². The molecule has 1 atom stereocenters. The number of hydrogen-bond acceptors (Lipinski definition) is 2. The van der Waals surface area contributed by atoms with Gasteiger partial charge in [0.25, 0.3) is 0 Å². The number of nitrogens with zero attached hydrogens (tertiary/aromatic N) is 2. The summed E-state index contributed by atoms with van der Waals surface area (Å²) in [6, 6.07) is 59.1. The van der Waals surface area contributed by atoms with E-state index in [1.165, 1.54) is 66.1 Å². The molecule has 52 heavy (non-hydrogen) atoms. The van der Waals surface area contributed by atoms with Crippen LogP contribution in [-0.2, 0) is 6.42 Å². The van der Waals surface area contributed by atoms with E-state index in [1.54, 1.807) is 0 Å². The van der Waals surface area contributed by atoms with Crippen LogP contribution >= 0.6 is 0 Å². The minimum Gasteiger partial charge on any atom is -0.254 e. The van der Waals surface area contributed by atoms with Crippen molar-refractivity contribution in [1.82, 2.24) is 9.97 Å². The first-order valence-corrected chi connectivity index (χ1v) is 17.9. The predicted octanol–water partition coefficient (Wildman–Crippen LogP) is 12.8. The standard InChI is InChI=1S/C50H34N2/c1-32-29-39-23-20-34-13-5-6-17-41(34)48(39)46(31-45(32)33-11-3-2-4-12-33)38-15-9-14-37(30-38)40-25-26-44(43-19-8-7-18-42(40)43)47-27-24-36-22-21-35-16-10-28-51-49(35)50(36)52-47/h2-28,30-31,45H,1,29H2. The zero-order valence-corrected chi connectivity index (χ0v) is 28.6. The molecule has 1 aliphatic carbocycles. The highest BCUT2D eigenvalue weighted by atomic mass is 14.8. The van der Waals surface area contributed by atoms with Crippen LogP contribution < -0.4 is 0 Å². The molecule has 0 saturated heterocycles. The Morgan fingerprint density at radius 2 is 1.19 bits per heavy atom. The van der Waals surface area contributed by atoms with E-state index < -0.39 is 0 Å². The summed E-state index contributed by atoms with van der Waals surface area (Å²) < 4.78 is 0. The minimum atomic E-state index is 0.105. The van der Waals surface area contributed by atoms with Gasteiger partial charge in [0.2, 0.25) is 0 Å². The van der Waals surface area contributed by atoms with Gasteiger partial charge in [0.05, 0.1) is 16.7 Å². The Morgan fingerprint density at radius 3 is 2.06 bits per heavy atom. The van der Waals surface area contributed by atoms with Crippen molar-refractivity contribution in [3.63, 3.8) is 0 Å². The molecule has 1 aliphatic rings. The van der Waals surface area contributed by atoms with Gasteiger partial charge in [-0.05, 0) is 85.1 Å². The SMILES string of the molecule is C=C1Cc2ccc3ccccc3c2C(c2cccc(-c3ccc(-c4ccc5ccc6cccnc6c5n4)c4ccccc34)c2)=CC1c1ccccc1. The minimum absolute atomic E-state index is 0.105. The van der Waals surface area contributed by atoms with Crippen molar-refractivity contribution in [3.05, 3.63) is 210 Å². The lowest BCUT2D eigenvalue weighted by Crippen LogP contribution is -2.00. The third-order valence-corrected chi connectivity index (χ3v) is 10.8. The van der Waals surface area contributed by atoms with Crippen molar-refractivity contribution in [2.24, 2.45) is 0 Å². The highest BCUT2D eigenvalue weighted by Crippen LogP contribution is 2.43. The number of benzene rings is 7. The molecule has 0 radical (unpaired) electrons. The molecule has 2 nitrogen and oxygen atoms in total. The van der Waals surface area contributed by atoms with Crippen molar-refractivity contribution >= 4 is 48.9 Å². The van der Waals surface area contributed by atoms with Crippen molar-refractivity contribution < 1.29 is 0 Å². The van der Waals surface area contributed by atoms with E-state index in [4.69, 9.17) is 9.97 Å². The van der Waals surface area contributed by atoms with Crippen molar-refractivity contribution in [3.8, 4) is 22.4 Å². The molecule has 0 aliphatic heterocycles. The Balaban J connectivity index is 1.14. The van der Waals surface area contributed by atoms with Gasteiger partial charge >= 0.3 is 0 Å². The summed E-state index contributed by atoms with van der Waals surface area (Å²) in [5, 5.41) is 7.09. The fourth-order valence-electron chi connectivity index (χ4n) is 8.24. The molecule has 244 valence electrons. The van der Waals surface area contributed by atoms with Gasteiger partial charge in [-0.25, -0.2) is 4.98 Å². The van der Waals surface area contributed by atoms with E-state index in [-0.39, 0.29) is 5.92 Å². The molecule has 7 aromatic carbocycles. The Hall–Kier alpha value is -6.64. The first-order chi connectivity index (χ1) is 25.7. The average Bonchev–Trinajstić information content (AvgIpc) is 3.36. The monoisotopic (exact) mass is 662 g/mol. The van der Waals surface area contributed by atoms with Crippen LogP contribution in [0.25, 0.3) is 71.3 Å². The van der Waals surface area contributed by atoms with E-state index in [0.717, 1.165) is 39.5 Å². The van der Waals surface area contributed by atoms with Gasteiger partial charge in [-0.1, -0.05) is 164 Å². The molecular formula is C50H34N2. The average molecular weight is 663 g/mol. The van der Waals surface area contributed by atoms with Crippen LogP contribution in [-0.4, -0.2) is 9.97 Å². The van der Waals surface area contributed by atoms with Crippen LogP contribution in [0.15, 0.2) is 188 Å². The summed E-state index contributed by atoms with van der Waals surface area (Å²) in [5.74, 6) is 0.105. The van der Waals surface area contributed by atoms with Crippen LogP contribution in [0.5, 0.6) is 0 Å². The third kappa shape index (κ3) is 5.03. The number of fused-ring (bicyclic) bond motifs is 7. The number of allylic oxidation sites excluding steroid dienone is 2. The Bertz CT molecular complexity index is 2900. The smallest absolute Gasteiger partial charge is 0.0972 e. The lowest BCUT2D eigenvalue weighted by atomic mass is 9.86. The summed E-state index contributed by atoms with van der Waals surface area (Å²) in [7, 11) is 0. The Morgan fingerprint density at radius 1 is 0.519 bits per heavy atom. The third-order valence-electron chi connectivity index (χ3n) is 10.8. The van der Waals surface area contributed by atoms with Gasteiger partial charge in [-0.2, -0.15) is 0 Å². The molecule has 0 bridgehead atoms. The summed E-state index contributed by atoms with van der Waals surface area (Å²) in [6.07, 6.45) is 5.14. The molecule has 0 N–H and O–H groups in total. The van der Waals surface area contributed by atoms with Crippen molar-refractivity contribution in [1.29, 1.82) is 0 Å². The topological polar surface area (TPSA) is 25.8 Å². The summed E-state index contributed by atoms with van der Waals surface area (Å²) in [4.78, 5) is 9.92. The summed E-state index contributed by atoms with van der Waals surface area (Å²) in [6.45, 7) is 4.65. The van der Waals surface area contributed by atoms with Crippen LogP contribution in [0.2, 0.25) is 0 Å². The molecule has 1 unspecified atom stereocenters. The summed E-state index contributed by atoms with van der Waals surface area (Å²) in [5.41, 5.74) is 13.9. The van der Waals surface area contributed by atoms with E-state index in [9.17, 15) is 0 Å². The van der Waals surface area contributed by atoms with Gasteiger partial charge in [-0.15, -0.1) is 0 Å². The van der Waals surface area contributed by atoms with Gasteiger partial charge in [0, 0.05) is 28.5 Å². The Kier molecular flexibility index (Phi) is 7.14. The molecule has 0 spiro atoms. The quantitative estimate of drug-likeness (QED) is 0.138. The lowest BCUT2D eigenvalue weighted by Gasteiger charge is -2.17. The number of pyridine rings is 2. The number of aromatic nitrogens is 2. The molecule has 2 heteroatoms. The van der Waals surface area contributed by atoms with Gasteiger partial charge in [0.1, 0.15) is 0 Å². The summed E-state index contributed by atoms with van der Waals surface area (Å²) >= 11 is 0. The lowest BCUT2D eigenvalue weighted by molar-refractivity contribution is 0.947.